The fourth-order valence-electron chi connectivity index (χ4n) is 3.03. The maximum Gasteiger partial charge on any atom is 0.241 e. The van der Waals surface area contributed by atoms with Crippen LogP contribution in [0, 0.1) is 5.92 Å². The van der Waals surface area contributed by atoms with Crippen molar-refractivity contribution in [1.29, 1.82) is 0 Å². The molecule has 1 saturated heterocycles. The molecule has 2 amide bonds. The van der Waals surface area contributed by atoms with Gasteiger partial charge in [-0.2, -0.15) is 0 Å². The Bertz CT molecular complexity index is 341. The summed E-state index contributed by atoms with van der Waals surface area (Å²) < 4.78 is 0. The van der Waals surface area contributed by atoms with E-state index in [2.05, 4.69) is 29.4 Å². The smallest absolute Gasteiger partial charge is 0.241 e. The number of piperazine rings is 1. The van der Waals surface area contributed by atoms with E-state index in [1.54, 1.807) is 0 Å². The fraction of sp³-hybridized carbons (Fsp3) is 0.867. The average Bonchev–Trinajstić information content (AvgIpc) is 2.93. The number of nitrogens with zero attached hydrogens (tertiary/aromatic N) is 1. The van der Waals surface area contributed by atoms with Crippen LogP contribution >= 0.6 is 0 Å². The van der Waals surface area contributed by atoms with E-state index in [9.17, 15) is 9.59 Å². The zero-order chi connectivity index (χ0) is 14.5. The van der Waals surface area contributed by atoms with Gasteiger partial charge >= 0.3 is 0 Å². The quantitative estimate of drug-likeness (QED) is 0.787. The van der Waals surface area contributed by atoms with Gasteiger partial charge in [0.2, 0.25) is 11.8 Å². The van der Waals surface area contributed by atoms with Crippen molar-refractivity contribution in [3.63, 3.8) is 0 Å². The Morgan fingerprint density at radius 2 is 2.05 bits per heavy atom. The molecule has 0 aromatic heterocycles. The molecule has 0 radical (unpaired) electrons. The van der Waals surface area contributed by atoms with Crippen molar-refractivity contribution in [1.82, 2.24) is 15.5 Å². The predicted octanol–water partition coefficient (Wildman–Crippen LogP) is 0.892. The molecule has 20 heavy (non-hydrogen) atoms. The Hall–Kier alpha value is -1.10. The summed E-state index contributed by atoms with van der Waals surface area (Å²) in [6, 6.07) is 0.154. The number of carbonyl (C=O) groups excluding carboxylic acids is 2. The first-order valence-electron chi connectivity index (χ1n) is 7.88. The van der Waals surface area contributed by atoms with Gasteiger partial charge in [-0.1, -0.05) is 26.7 Å². The second-order valence-corrected chi connectivity index (χ2v) is 6.39. The summed E-state index contributed by atoms with van der Waals surface area (Å²) in [5.41, 5.74) is 0. The van der Waals surface area contributed by atoms with Gasteiger partial charge in [0.1, 0.15) is 6.04 Å². The zero-order valence-electron chi connectivity index (χ0n) is 12.7. The molecule has 0 bridgehead atoms. The van der Waals surface area contributed by atoms with Gasteiger partial charge in [0.25, 0.3) is 0 Å². The topological polar surface area (TPSA) is 61.4 Å². The van der Waals surface area contributed by atoms with Crippen molar-refractivity contribution in [2.24, 2.45) is 5.92 Å². The lowest BCUT2D eigenvalue weighted by Crippen LogP contribution is -2.60. The number of carbonyl (C=O) groups is 2. The van der Waals surface area contributed by atoms with Crippen LogP contribution in [0.1, 0.15) is 46.0 Å². The molecule has 0 spiro atoms. The Kier molecular flexibility index (Phi) is 5.40. The molecule has 1 heterocycles. The first-order valence-corrected chi connectivity index (χ1v) is 7.88. The van der Waals surface area contributed by atoms with E-state index in [1.165, 1.54) is 12.8 Å². The van der Waals surface area contributed by atoms with Crippen molar-refractivity contribution in [2.75, 3.05) is 19.6 Å². The molecule has 114 valence electrons. The van der Waals surface area contributed by atoms with Crippen LogP contribution in [0.5, 0.6) is 0 Å². The molecule has 2 rings (SSSR count). The van der Waals surface area contributed by atoms with Gasteiger partial charge in [0.05, 0.1) is 6.54 Å². The summed E-state index contributed by atoms with van der Waals surface area (Å²) in [6.07, 6.45) is 5.75. The Morgan fingerprint density at radius 1 is 1.35 bits per heavy atom. The van der Waals surface area contributed by atoms with Crippen LogP contribution in [0.25, 0.3) is 0 Å². The molecule has 1 unspecified atom stereocenters. The van der Waals surface area contributed by atoms with Crippen molar-refractivity contribution in [3.8, 4) is 0 Å². The molecule has 2 fully saturated rings. The maximum absolute atomic E-state index is 12.7. The van der Waals surface area contributed by atoms with Crippen molar-refractivity contribution in [2.45, 2.75) is 58.0 Å². The minimum atomic E-state index is -0.250. The van der Waals surface area contributed by atoms with E-state index in [-0.39, 0.29) is 24.4 Å². The van der Waals surface area contributed by atoms with Crippen LogP contribution < -0.4 is 10.6 Å². The van der Waals surface area contributed by atoms with Crippen LogP contribution in [-0.2, 0) is 9.59 Å². The van der Waals surface area contributed by atoms with Crippen LogP contribution in [0.2, 0.25) is 0 Å². The van der Waals surface area contributed by atoms with Crippen LogP contribution in [0.15, 0.2) is 0 Å². The summed E-state index contributed by atoms with van der Waals surface area (Å²) in [5, 5.41) is 5.83. The van der Waals surface area contributed by atoms with E-state index in [1.807, 2.05) is 0 Å². The summed E-state index contributed by atoms with van der Waals surface area (Å²) in [4.78, 5) is 26.0. The predicted molar refractivity (Wildman–Crippen MR) is 78.2 cm³/mol. The van der Waals surface area contributed by atoms with Gasteiger partial charge in [-0.25, -0.2) is 0 Å². The van der Waals surface area contributed by atoms with Gasteiger partial charge in [0, 0.05) is 19.1 Å². The van der Waals surface area contributed by atoms with Gasteiger partial charge in [-0.15, -0.1) is 0 Å². The lowest BCUT2D eigenvalue weighted by molar-refractivity contribution is -0.137. The highest BCUT2D eigenvalue weighted by molar-refractivity contribution is 5.87. The number of hydrogen-bond donors (Lipinski definition) is 2. The number of hydrogen-bond acceptors (Lipinski definition) is 3. The van der Waals surface area contributed by atoms with Crippen LogP contribution in [0.4, 0.5) is 0 Å². The highest BCUT2D eigenvalue weighted by atomic mass is 16.2. The largest absolute Gasteiger partial charge is 0.353 e. The van der Waals surface area contributed by atoms with Crippen molar-refractivity contribution in [3.05, 3.63) is 0 Å². The Labute approximate surface area is 121 Å². The third kappa shape index (κ3) is 3.95. The zero-order valence-corrected chi connectivity index (χ0v) is 12.7. The van der Waals surface area contributed by atoms with Gasteiger partial charge in [-0.3, -0.25) is 14.9 Å². The number of amides is 2. The Morgan fingerprint density at radius 3 is 2.60 bits per heavy atom. The number of nitrogens with one attached hydrogen (secondary N) is 2. The van der Waals surface area contributed by atoms with Gasteiger partial charge < -0.3 is 10.2 Å². The molecule has 2 aliphatic rings. The first kappa shape index (κ1) is 15.3. The standard InChI is InChI=1S/C15H27N3O2/c1-11(2)7-8-18(12-5-3-4-6-12)15(20)13-9-17-14(19)10-16-13/h11-13,16H,3-10H2,1-2H3,(H,17,19). The lowest BCUT2D eigenvalue weighted by Gasteiger charge is -2.34. The SMILES string of the molecule is CC(C)CCN(C(=O)C1CNC(=O)CN1)C1CCCC1. The van der Waals surface area contributed by atoms with E-state index in [0.29, 0.717) is 18.5 Å². The first-order chi connectivity index (χ1) is 9.58. The summed E-state index contributed by atoms with van der Waals surface area (Å²) in [5.74, 6) is 0.743. The van der Waals surface area contributed by atoms with E-state index in [0.717, 1.165) is 25.8 Å². The highest BCUT2D eigenvalue weighted by Crippen LogP contribution is 2.25. The maximum atomic E-state index is 12.7. The molecule has 0 aromatic carbocycles. The van der Waals surface area contributed by atoms with Gasteiger partial charge in [0.15, 0.2) is 0 Å². The summed E-state index contributed by atoms with van der Waals surface area (Å²) in [7, 11) is 0. The van der Waals surface area contributed by atoms with Crippen LogP contribution in [-0.4, -0.2) is 48.4 Å². The average molecular weight is 281 g/mol. The molecule has 1 aliphatic heterocycles. The van der Waals surface area contributed by atoms with Crippen molar-refractivity contribution < 1.29 is 9.59 Å². The number of rotatable bonds is 5. The molecular formula is C15H27N3O2. The monoisotopic (exact) mass is 281 g/mol. The van der Waals surface area contributed by atoms with Gasteiger partial charge in [-0.05, 0) is 25.2 Å². The normalized spacial score (nSPS) is 23.9. The lowest BCUT2D eigenvalue weighted by atomic mass is 10.1. The molecule has 0 aromatic rings. The van der Waals surface area contributed by atoms with E-state index < -0.39 is 0 Å². The molecule has 2 N–H and O–H groups in total. The third-order valence-electron chi connectivity index (χ3n) is 4.31. The van der Waals surface area contributed by atoms with E-state index >= 15 is 0 Å². The molecular weight excluding hydrogens is 254 g/mol. The molecule has 1 aliphatic carbocycles. The second kappa shape index (κ2) is 7.07. The highest BCUT2D eigenvalue weighted by Gasteiger charge is 2.32. The minimum absolute atomic E-state index is 0.0244. The Balaban J connectivity index is 1.96. The van der Waals surface area contributed by atoms with Crippen LogP contribution in [0.3, 0.4) is 0 Å². The summed E-state index contributed by atoms with van der Waals surface area (Å²) in [6.45, 7) is 5.89. The molecule has 5 heteroatoms. The summed E-state index contributed by atoms with van der Waals surface area (Å²) >= 11 is 0. The molecule has 1 atom stereocenters. The molecule has 5 nitrogen and oxygen atoms in total. The molecule has 1 saturated carbocycles. The van der Waals surface area contributed by atoms with E-state index in [4.69, 9.17) is 0 Å². The minimum Gasteiger partial charge on any atom is -0.353 e. The van der Waals surface area contributed by atoms with Crippen molar-refractivity contribution >= 4 is 11.8 Å². The fourth-order valence-corrected chi connectivity index (χ4v) is 3.03. The third-order valence-corrected chi connectivity index (χ3v) is 4.31. The second-order valence-electron chi connectivity index (χ2n) is 6.39.